The van der Waals surface area contributed by atoms with E-state index in [2.05, 4.69) is 25.6 Å². The fraction of sp³-hybridized carbons (Fsp3) is 0.786. The topological polar surface area (TPSA) is 72.0 Å². The molecule has 0 bridgehead atoms. The molecule has 1 aromatic heterocycles. The average molecular weight is 279 g/mol. The summed E-state index contributed by atoms with van der Waals surface area (Å²) in [5.41, 5.74) is 0. The number of rotatable bonds is 6. The molecule has 0 atom stereocenters. The number of anilines is 2. The minimum atomic E-state index is 0.0504. The van der Waals surface area contributed by atoms with Gasteiger partial charge in [0.25, 0.3) is 0 Å². The Bertz CT molecular complexity index is 418. The van der Waals surface area contributed by atoms with E-state index in [0.717, 1.165) is 6.54 Å². The van der Waals surface area contributed by atoms with E-state index in [1.54, 1.807) is 0 Å². The highest BCUT2D eigenvalue weighted by atomic mass is 16.5. The first-order chi connectivity index (χ1) is 9.67. The Morgan fingerprint density at radius 2 is 1.80 bits per heavy atom. The fourth-order valence-corrected chi connectivity index (χ4v) is 2.35. The molecule has 1 aromatic rings. The molecule has 112 valence electrons. The zero-order valence-corrected chi connectivity index (χ0v) is 12.6. The lowest BCUT2D eigenvalue weighted by Crippen LogP contribution is -2.24. The molecule has 0 unspecified atom stereocenters. The van der Waals surface area contributed by atoms with Gasteiger partial charge in [-0.05, 0) is 33.6 Å². The molecule has 1 aliphatic rings. The van der Waals surface area contributed by atoms with E-state index in [4.69, 9.17) is 4.74 Å². The summed E-state index contributed by atoms with van der Waals surface area (Å²) >= 11 is 0. The third-order valence-electron chi connectivity index (χ3n) is 3.23. The van der Waals surface area contributed by atoms with E-state index < -0.39 is 0 Å². The second-order valence-corrected chi connectivity index (χ2v) is 5.44. The third-order valence-corrected chi connectivity index (χ3v) is 3.23. The van der Waals surface area contributed by atoms with Crippen LogP contribution in [-0.2, 0) is 0 Å². The van der Waals surface area contributed by atoms with Crippen molar-refractivity contribution in [3.8, 4) is 6.01 Å². The highest BCUT2D eigenvalue weighted by Crippen LogP contribution is 2.21. The Balaban J connectivity index is 2.10. The molecule has 0 amide bonds. The largest absolute Gasteiger partial charge is 0.461 e. The molecule has 1 aliphatic carbocycles. The highest BCUT2D eigenvalue weighted by Gasteiger charge is 2.16. The van der Waals surface area contributed by atoms with Gasteiger partial charge in [-0.3, -0.25) is 0 Å². The summed E-state index contributed by atoms with van der Waals surface area (Å²) in [4.78, 5) is 13.0. The maximum atomic E-state index is 5.59. The van der Waals surface area contributed by atoms with Crippen molar-refractivity contribution in [2.24, 2.45) is 0 Å². The SMILES string of the molecule is CCNc1nc(NC2CCCCC2)nc(OC(C)C)n1. The normalized spacial score (nSPS) is 16.2. The molecule has 0 radical (unpaired) electrons. The van der Waals surface area contributed by atoms with Crippen LogP contribution in [0.25, 0.3) is 0 Å². The first-order valence-corrected chi connectivity index (χ1v) is 7.60. The van der Waals surface area contributed by atoms with Crippen LogP contribution >= 0.6 is 0 Å². The number of hydrogen-bond acceptors (Lipinski definition) is 6. The standard InChI is InChI=1S/C14H25N5O/c1-4-15-12-17-13(16-11-8-6-5-7-9-11)19-14(18-12)20-10(2)3/h10-11H,4-9H2,1-3H3,(H2,15,16,17,18,19). The minimum Gasteiger partial charge on any atom is -0.461 e. The Hall–Kier alpha value is -1.59. The van der Waals surface area contributed by atoms with E-state index in [9.17, 15) is 0 Å². The van der Waals surface area contributed by atoms with Crippen molar-refractivity contribution in [2.75, 3.05) is 17.2 Å². The Morgan fingerprint density at radius 1 is 1.10 bits per heavy atom. The molecule has 0 aliphatic heterocycles. The van der Waals surface area contributed by atoms with E-state index >= 15 is 0 Å². The van der Waals surface area contributed by atoms with Crippen molar-refractivity contribution in [1.82, 2.24) is 15.0 Å². The Labute approximate surface area is 120 Å². The van der Waals surface area contributed by atoms with Crippen LogP contribution in [0.4, 0.5) is 11.9 Å². The zero-order valence-electron chi connectivity index (χ0n) is 12.6. The van der Waals surface area contributed by atoms with Crippen LogP contribution in [0, 0.1) is 0 Å². The fourth-order valence-electron chi connectivity index (χ4n) is 2.35. The third kappa shape index (κ3) is 4.51. The summed E-state index contributed by atoms with van der Waals surface area (Å²) in [6.07, 6.45) is 6.30. The van der Waals surface area contributed by atoms with Crippen LogP contribution in [0.1, 0.15) is 52.9 Å². The summed E-state index contributed by atoms with van der Waals surface area (Å²) in [6.45, 7) is 6.71. The molecule has 6 nitrogen and oxygen atoms in total. The van der Waals surface area contributed by atoms with Gasteiger partial charge in [0.2, 0.25) is 11.9 Å². The van der Waals surface area contributed by atoms with Gasteiger partial charge in [-0.1, -0.05) is 19.3 Å². The van der Waals surface area contributed by atoms with Gasteiger partial charge in [0.05, 0.1) is 6.10 Å². The molecule has 2 rings (SSSR count). The van der Waals surface area contributed by atoms with Crippen LogP contribution in [0.5, 0.6) is 6.01 Å². The number of nitrogens with one attached hydrogen (secondary N) is 2. The number of aromatic nitrogens is 3. The highest BCUT2D eigenvalue weighted by molar-refractivity contribution is 5.36. The molecule has 1 heterocycles. The van der Waals surface area contributed by atoms with E-state index in [1.165, 1.54) is 32.1 Å². The van der Waals surface area contributed by atoms with E-state index in [-0.39, 0.29) is 6.10 Å². The Morgan fingerprint density at radius 3 is 2.45 bits per heavy atom. The average Bonchev–Trinajstić information content (AvgIpc) is 2.39. The van der Waals surface area contributed by atoms with Gasteiger partial charge in [-0.2, -0.15) is 15.0 Å². The van der Waals surface area contributed by atoms with E-state index in [0.29, 0.717) is 23.9 Å². The second kappa shape index (κ2) is 7.26. The maximum Gasteiger partial charge on any atom is 0.323 e. The van der Waals surface area contributed by atoms with Crippen molar-refractivity contribution < 1.29 is 4.74 Å². The smallest absolute Gasteiger partial charge is 0.323 e. The molecule has 0 spiro atoms. The van der Waals surface area contributed by atoms with Gasteiger partial charge in [-0.15, -0.1) is 0 Å². The van der Waals surface area contributed by atoms with Crippen molar-refractivity contribution in [2.45, 2.75) is 65.0 Å². The van der Waals surface area contributed by atoms with Gasteiger partial charge in [0.15, 0.2) is 0 Å². The minimum absolute atomic E-state index is 0.0504. The van der Waals surface area contributed by atoms with Crippen molar-refractivity contribution in [1.29, 1.82) is 0 Å². The molecule has 20 heavy (non-hydrogen) atoms. The van der Waals surface area contributed by atoms with Crippen LogP contribution in [0.3, 0.4) is 0 Å². The van der Waals surface area contributed by atoms with Gasteiger partial charge in [0, 0.05) is 12.6 Å². The lowest BCUT2D eigenvalue weighted by molar-refractivity contribution is 0.222. The van der Waals surface area contributed by atoms with Gasteiger partial charge < -0.3 is 15.4 Å². The molecule has 0 aromatic carbocycles. The number of hydrogen-bond donors (Lipinski definition) is 2. The van der Waals surface area contributed by atoms with Gasteiger partial charge >= 0.3 is 6.01 Å². The van der Waals surface area contributed by atoms with E-state index in [1.807, 2.05) is 20.8 Å². The molecule has 6 heteroatoms. The Kier molecular flexibility index (Phi) is 5.38. The lowest BCUT2D eigenvalue weighted by Gasteiger charge is -2.23. The monoisotopic (exact) mass is 279 g/mol. The van der Waals surface area contributed by atoms with Crippen LogP contribution in [0.15, 0.2) is 0 Å². The molecule has 0 saturated heterocycles. The molecule has 1 fully saturated rings. The first kappa shape index (κ1) is 14.8. The molecule has 1 saturated carbocycles. The van der Waals surface area contributed by atoms with Gasteiger partial charge in [-0.25, -0.2) is 0 Å². The molecule has 2 N–H and O–H groups in total. The summed E-state index contributed by atoms with van der Waals surface area (Å²) in [7, 11) is 0. The number of nitrogens with zero attached hydrogens (tertiary/aromatic N) is 3. The second-order valence-electron chi connectivity index (χ2n) is 5.44. The van der Waals surface area contributed by atoms with Crippen molar-refractivity contribution >= 4 is 11.9 Å². The predicted molar refractivity (Wildman–Crippen MR) is 80.3 cm³/mol. The van der Waals surface area contributed by atoms with Crippen molar-refractivity contribution in [3.05, 3.63) is 0 Å². The van der Waals surface area contributed by atoms with Crippen LogP contribution < -0.4 is 15.4 Å². The summed E-state index contributed by atoms with van der Waals surface area (Å²) < 4.78 is 5.59. The summed E-state index contributed by atoms with van der Waals surface area (Å²) in [5, 5.41) is 6.53. The van der Waals surface area contributed by atoms with Crippen molar-refractivity contribution in [3.63, 3.8) is 0 Å². The van der Waals surface area contributed by atoms with Crippen LogP contribution in [0.2, 0.25) is 0 Å². The van der Waals surface area contributed by atoms with Crippen LogP contribution in [-0.4, -0.2) is 33.6 Å². The van der Waals surface area contributed by atoms with Gasteiger partial charge in [0.1, 0.15) is 0 Å². The predicted octanol–water partition coefficient (Wildman–Crippen LogP) is 2.84. The summed E-state index contributed by atoms with van der Waals surface area (Å²) in [6, 6.07) is 0.844. The molecular weight excluding hydrogens is 254 g/mol. The zero-order chi connectivity index (χ0) is 14.4. The lowest BCUT2D eigenvalue weighted by atomic mass is 9.96. The number of ether oxygens (including phenoxy) is 1. The maximum absolute atomic E-state index is 5.59. The first-order valence-electron chi connectivity index (χ1n) is 7.60. The summed E-state index contributed by atoms with van der Waals surface area (Å²) in [5.74, 6) is 1.18. The molecular formula is C14H25N5O. The quantitative estimate of drug-likeness (QED) is 0.834.